The molecule has 1 heterocycles. The highest BCUT2D eigenvalue weighted by Gasteiger charge is 2.15. The first-order chi connectivity index (χ1) is 12.8. The number of nitrogens with zero attached hydrogens (tertiary/aromatic N) is 1. The summed E-state index contributed by atoms with van der Waals surface area (Å²) in [4.78, 5) is 2.39. The van der Waals surface area contributed by atoms with Crippen molar-refractivity contribution in [1.82, 2.24) is 4.90 Å². The van der Waals surface area contributed by atoms with E-state index in [1.54, 1.807) is 6.26 Å². The van der Waals surface area contributed by atoms with Crippen LogP contribution in [0.25, 0.3) is 10.8 Å². The Labute approximate surface area is 156 Å². The van der Waals surface area contributed by atoms with Crippen molar-refractivity contribution in [2.24, 2.45) is 0 Å². The minimum atomic E-state index is 0.294. The van der Waals surface area contributed by atoms with Crippen molar-refractivity contribution >= 4 is 10.8 Å². The molecule has 1 unspecified atom stereocenters. The van der Waals surface area contributed by atoms with Crippen molar-refractivity contribution in [2.75, 3.05) is 32.8 Å². The number of hydrogen-bond acceptors (Lipinski definition) is 3. The van der Waals surface area contributed by atoms with Crippen molar-refractivity contribution in [1.29, 1.82) is 0 Å². The van der Waals surface area contributed by atoms with E-state index < -0.39 is 0 Å². The molecule has 0 saturated heterocycles. The van der Waals surface area contributed by atoms with E-state index in [2.05, 4.69) is 61.2 Å². The average molecular weight is 351 g/mol. The van der Waals surface area contributed by atoms with E-state index in [1.165, 1.54) is 16.3 Å². The van der Waals surface area contributed by atoms with Crippen LogP contribution in [0.15, 0.2) is 65.3 Å². The van der Waals surface area contributed by atoms with Gasteiger partial charge in [0.1, 0.15) is 5.76 Å². The van der Waals surface area contributed by atoms with Crippen molar-refractivity contribution in [3.8, 4) is 0 Å². The largest absolute Gasteiger partial charge is 0.469 e. The molecule has 3 nitrogen and oxygen atoms in total. The zero-order chi connectivity index (χ0) is 18.2. The normalized spacial score (nSPS) is 12.7. The molecule has 0 N–H and O–H groups in total. The van der Waals surface area contributed by atoms with Gasteiger partial charge in [0.2, 0.25) is 0 Å². The summed E-state index contributed by atoms with van der Waals surface area (Å²) in [5.74, 6) is 1.30. The Morgan fingerprint density at radius 1 is 0.962 bits per heavy atom. The molecule has 1 atom stereocenters. The lowest BCUT2D eigenvalue weighted by molar-refractivity contribution is 0.0948. The number of benzene rings is 2. The quantitative estimate of drug-likeness (QED) is 0.474. The van der Waals surface area contributed by atoms with Gasteiger partial charge < -0.3 is 14.1 Å². The molecule has 2 aromatic carbocycles. The zero-order valence-corrected chi connectivity index (χ0v) is 15.9. The summed E-state index contributed by atoms with van der Waals surface area (Å²) in [5.41, 5.74) is 1.31. The molecule has 138 valence electrons. The summed E-state index contributed by atoms with van der Waals surface area (Å²) in [6.07, 6.45) is 2.60. The molecule has 26 heavy (non-hydrogen) atoms. The average Bonchev–Trinajstić information content (AvgIpc) is 3.20. The summed E-state index contributed by atoms with van der Waals surface area (Å²) >= 11 is 0. The molecular formula is C23H29NO2. The van der Waals surface area contributed by atoms with Gasteiger partial charge in [-0.3, -0.25) is 0 Å². The van der Waals surface area contributed by atoms with Crippen LogP contribution < -0.4 is 0 Å². The molecular weight excluding hydrogens is 322 g/mol. The van der Waals surface area contributed by atoms with E-state index >= 15 is 0 Å². The second-order valence-electron chi connectivity index (χ2n) is 6.69. The van der Waals surface area contributed by atoms with Crippen LogP contribution in [-0.2, 0) is 11.2 Å². The number of furan rings is 1. The van der Waals surface area contributed by atoms with Gasteiger partial charge in [-0.2, -0.15) is 0 Å². The number of hydrogen-bond donors (Lipinski definition) is 0. The fourth-order valence-electron chi connectivity index (χ4n) is 3.37. The fraction of sp³-hybridized carbons (Fsp3) is 0.391. The predicted octanol–water partition coefficient (Wildman–Crippen LogP) is 5.12. The fourth-order valence-corrected chi connectivity index (χ4v) is 3.37. The molecule has 0 aliphatic carbocycles. The van der Waals surface area contributed by atoms with Gasteiger partial charge in [-0.05, 0) is 41.6 Å². The molecule has 0 saturated carbocycles. The highest BCUT2D eigenvalue weighted by Crippen LogP contribution is 2.25. The van der Waals surface area contributed by atoms with Gasteiger partial charge in [0.15, 0.2) is 0 Å². The SMILES string of the molecule is CCN(CC)CCOCC(Cc1ccco1)c1ccc2ccccc2c1. The molecule has 3 heteroatoms. The Kier molecular flexibility index (Phi) is 6.87. The molecule has 0 bridgehead atoms. The van der Waals surface area contributed by atoms with Crippen LogP contribution in [0.2, 0.25) is 0 Å². The number of fused-ring (bicyclic) bond motifs is 1. The van der Waals surface area contributed by atoms with E-state index in [9.17, 15) is 0 Å². The third kappa shape index (κ3) is 4.96. The van der Waals surface area contributed by atoms with Gasteiger partial charge in [-0.1, -0.05) is 56.3 Å². The highest BCUT2D eigenvalue weighted by molar-refractivity contribution is 5.83. The van der Waals surface area contributed by atoms with Crippen molar-refractivity contribution in [3.05, 3.63) is 72.2 Å². The number of ether oxygens (including phenoxy) is 1. The van der Waals surface area contributed by atoms with Crippen molar-refractivity contribution in [3.63, 3.8) is 0 Å². The van der Waals surface area contributed by atoms with E-state index in [0.717, 1.165) is 38.4 Å². The van der Waals surface area contributed by atoms with E-state index in [-0.39, 0.29) is 0 Å². The lowest BCUT2D eigenvalue weighted by Crippen LogP contribution is -2.27. The van der Waals surface area contributed by atoms with Crippen LogP contribution in [0.3, 0.4) is 0 Å². The summed E-state index contributed by atoms with van der Waals surface area (Å²) < 4.78 is 11.7. The highest BCUT2D eigenvalue weighted by atomic mass is 16.5. The minimum Gasteiger partial charge on any atom is -0.469 e. The molecule has 1 aromatic heterocycles. The van der Waals surface area contributed by atoms with Crippen LogP contribution in [0, 0.1) is 0 Å². The van der Waals surface area contributed by atoms with Gasteiger partial charge in [-0.25, -0.2) is 0 Å². The van der Waals surface area contributed by atoms with Crippen LogP contribution in [0.1, 0.15) is 31.1 Å². The van der Waals surface area contributed by atoms with Gasteiger partial charge in [0, 0.05) is 18.9 Å². The maximum atomic E-state index is 6.06. The molecule has 0 fully saturated rings. The Balaban J connectivity index is 1.69. The van der Waals surface area contributed by atoms with Gasteiger partial charge in [0.05, 0.1) is 19.5 Å². The first kappa shape index (κ1) is 18.7. The molecule has 0 radical (unpaired) electrons. The lowest BCUT2D eigenvalue weighted by Gasteiger charge is -2.20. The second kappa shape index (κ2) is 9.56. The third-order valence-electron chi connectivity index (χ3n) is 5.04. The summed E-state index contributed by atoms with van der Waals surface area (Å²) in [6, 6.07) is 19.2. The Hall–Kier alpha value is -2.10. The van der Waals surface area contributed by atoms with Crippen molar-refractivity contribution < 1.29 is 9.15 Å². The summed E-state index contributed by atoms with van der Waals surface area (Å²) in [7, 11) is 0. The Morgan fingerprint density at radius 2 is 1.77 bits per heavy atom. The number of rotatable bonds is 10. The maximum Gasteiger partial charge on any atom is 0.104 e. The van der Waals surface area contributed by atoms with E-state index in [0.29, 0.717) is 12.5 Å². The van der Waals surface area contributed by atoms with Crippen LogP contribution in [0.5, 0.6) is 0 Å². The third-order valence-corrected chi connectivity index (χ3v) is 5.04. The van der Waals surface area contributed by atoms with Crippen molar-refractivity contribution in [2.45, 2.75) is 26.2 Å². The van der Waals surface area contributed by atoms with Gasteiger partial charge in [0.25, 0.3) is 0 Å². The Bertz CT molecular complexity index is 778. The van der Waals surface area contributed by atoms with E-state index in [1.807, 2.05) is 12.1 Å². The topological polar surface area (TPSA) is 25.6 Å². The van der Waals surface area contributed by atoms with Gasteiger partial charge >= 0.3 is 0 Å². The first-order valence-electron chi connectivity index (χ1n) is 9.61. The Morgan fingerprint density at radius 3 is 2.50 bits per heavy atom. The molecule has 3 aromatic rings. The van der Waals surface area contributed by atoms with Gasteiger partial charge in [-0.15, -0.1) is 0 Å². The predicted molar refractivity (Wildman–Crippen MR) is 108 cm³/mol. The second-order valence-corrected chi connectivity index (χ2v) is 6.69. The molecule has 0 amide bonds. The van der Waals surface area contributed by atoms with Crippen LogP contribution in [0.4, 0.5) is 0 Å². The lowest BCUT2D eigenvalue weighted by atomic mass is 9.93. The monoisotopic (exact) mass is 351 g/mol. The smallest absolute Gasteiger partial charge is 0.104 e. The summed E-state index contributed by atoms with van der Waals surface area (Å²) in [5, 5.41) is 2.55. The first-order valence-corrected chi connectivity index (χ1v) is 9.61. The molecule has 0 aliphatic rings. The zero-order valence-electron chi connectivity index (χ0n) is 15.9. The molecule has 0 spiro atoms. The minimum absolute atomic E-state index is 0.294. The summed E-state index contributed by atoms with van der Waals surface area (Å²) in [6.45, 7) is 8.99. The molecule has 3 rings (SSSR count). The molecule has 0 aliphatic heterocycles. The van der Waals surface area contributed by atoms with E-state index in [4.69, 9.17) is 9.15 Å². The standard InChI is InChI=1S/C23H29NO2/c1-3-24(4-2)13-15-25-18-22(17-23-10-7-14-26-23)21-12-11-19-8-5-6-9-20(19)16-21/h5-12,14,16,22H,3-4,13,15,17-18H2,1-2H3. The number of likely N-dealkylation sites (N-methyl/N-ethyl adjacent to an activating group) is 1. The van der Waals surface area contributed by atoms with Crippen LogP contribution in [-0.4, -0.2) is 37.7 Å². The maximum absolute atomic E-state index is 6.06. The van der Waals surface area contributed by atoms with Crippen LogP contribution >= 0.6 is 0 Å².